The van der Waals surface area contributed by atoms with Crippen LogP contribution >= 0.6 is 0 Å². The normalized spacial score (nSPS) is 18.9. The van der Waals surface area contributed by atoms with E-state index in [2.05, 4.69) is 15.3 Å². The Morgan fingerprint density at radius 1 is 1.42 bits per heavy atom. The Kier molecular flexibility index (Phi) is 3.41. The highest BCUT2D eigenvalue weighted by molar-refractivity contribution is 5.98. The molecule has 100 valence electrons. The van der Waals surface area contributed by atoms with Crippen LogP contribution in [0.15, 0.2) is 12.4 Å². The zero-order valence-corrected chi connectivity index (χ0v) is 10.2. The van der Waals surface area contributed by atoms with Gasteiger partial charge in [0.05, 0.1) is 11.9 Å². The number of rotatable bonds is 2. The van der Waals surface area contributed by atoms with E-state index >= 15 is 0 Å². The van der Waals surface area contributed by atoms with Crippen molar-refractivity contribution >= 4 is 17.8 Å². The van der Waals surface area contributed by atoms with E-state index < -0.39 is 23.8 Å². The molecule has 19 heavy (non-hydrogen) atoms. The van der Waals surface area contributed by atoms with Crippen molar-refractivity contribution < 1.29 is 19.5 Å². The van der Waals surface area contributed by atoms with Crippen LogP contribution < -0.4 is 5.32 Å². The molecule has 1 unspecified atom stereocenters. The van der Waals surface area contributed by atoms with Gasteiger partial charge in [0.2, 0.25) is 5.91 Å². The van der Waals surface area contributed by atoms with Crippen LogP contribution in [-0.4, -0.2) is 56.9 Å². The average molecular weight is 264 g/mol. The fourth-order valence-electron chi connectivity index (χ4n) is 1.73. The Hall–Kier alpha value is -2.51. The molecule has 1 aliphatic rings. The van der Waals surface area contributed by atoms with E-state index in [1.54, 1.807) is 6.92 Å². The largest absolute Gasteiger partial charge is 0.480 e. The van der Waals surface area contributed by atoms with Gasteiger partial charge in [0, 0.05) is 12.7 Å². The number of carboxylic acids is 1. The maximum absolute atomic E-state index is 12.2. The topological polar surface area (TPSA) is 112 Å². The molecule has 0 bridgehead atoms. The van der Waals surface area contributed by atoms with Crippen LogP contribution in [0.1, 0.15) is 16.2 Å². The minimum absolute atomic E-state index is 0.0200. The third kappa shape index (κ3) is 2.67. The van der Waals surface area contributed by atoms with Gasteiger partial charge in [-0.3, -0.25) is 14.6 Å². The molecule has 0 saturated carbocycles. The molecule has 1 saturated heterocycles. The predicted octanol–water partition coefficient (Wildman–Crippen LogP) is -1.19. The molecule has 1 aromatic rings. The summed E-state index contributed by atoms with van der Waals surface area (Å²) in [5, 5.41) is 11.5. The zero-order chi connectivity index (χ0) is 14.0. The van der Waals surface area contributed by atoms with Crippen LogP contribution in [0.5, 0.6) is 0 Å². The van der Waals surface area contributed by atoms with E-state index in [-0.39, 0.29) is 18.8 Å². The van der Waals surface area contributed by atoms with E-state index in [4.69, 9.17) is 5.11 Å². The Bertz CT molecular complexity index is 528. The standard InChI is InChI=1S/C11H12N4O4/c1-6-2-13-7(3-12-6)10(17)15-5-9(16)14-4-8(15)11(18)19/h2-3,8H,4-5H2,1H3,(H,14,16)(H,18,19). The highest BCUT2D eigenvalue weighted by atomic mass is 16.4. The highest BCUT2D eigenvalue weighted by Gasteiger charge is 2.36. The summed E-state index contributed by atoms with van der Waals surface area (Å²) in [6.45, 7) is 1.31. The fraction of sp³-hybridized carbons (Fsp3) is 0.364. The van der Waals surface area contributed by atoms with Gasteiger partial charge in [-0.15, -0.1) is 0 Å². The molecular weight excluding hydrogens is 252 g/mol. The lowest BCUT2D eigenvalue weighted by molar-refractivity contribution is -0.144. The lowest BCUT2D eigenvalue weighted by atomic mass is 10.1. The van der Waals surface area contributed by atoms with E-state index in [1.807, 2.05) is 0 Å². The number of carbonyl (C=O) groups is 3. The van der Waals surface area contributed by atoms with Gasteiger partial charge in [-0.1, -0.05) is 0 Å². The van der Waals surface area contributed by atoms with Crippen LogP contribution in [0.3, 0.4) is 0 Å². The third-order valence-electron chi connectivity index (χ3n) is 2.73. The first-order valence-electron chi connectivity index (χ1n) is 5.58. The van der Waals surface area contributed by atoms with Crippen molar-refractivity contribution in [1.82, 2.24) is 20.2 Å². The Balaban J connectivity index is 2.26. The van der Waals surface area contributed by atoms with Crippen LogP contribution in [0.2, 0.25) is 0 Å². The number of hydrogen-bond acceptors (Lipinski definition) is 5. The monoisotopic (exact) mass is 264 g/mol. The molecule has 1 fully saturated rings. The number of piperazine rings is 1. The quantitative estimate of drug-likeness (QED) is 0.694. The van der Waals surface area contributed by atoms with Crippen LogP contribution in [0, 0.1) is 6.92 Å². The lowest BCUT2D eigenvalue weighted by Gasteiger charge is -2.32. The molecule has 1 aromatic heterocycles. The van der Waals surface area contributed by atoms with Gasteiger partial charge in [0.15, 0.2) is 0 Å². The second kappa shape index (κ2) is 5.01. The summed E-state index contributed by atoms with van der Waals surface area (Å²) in [6.07, 6.45) is 2.68. The first-order valence-corrected chi connectivity index (χ1v) is 5.58. The van der Waals surface area contributed by atoms with Crippen molar-refractivity contribution in [2.24, 2.45) is 0 Å². The number of nitrogens with one attached hydrogen (secondary N) is 1. The molecule has 0 aliphatic carbocycles. The molecule has 0 spiro atoms. The number of hydrogen-bond donors (Lipinski definition) is 2. The molecule has 0 aromatic carbocycles. The van der Waals surface area contributed by atoms with Crippen molar-refractivity contribution in [3.8, 4) is 0 Å². The highest BCUT2D eigenvalue weighted by Crippen LogP contribution is 2.09. The van der Waals surface area contributed by atoms with E-state index in [9.17, 15) is 14.4 Å². The number of carbonyl (C=O) groups excluding carboxylic acids is 2. The van der Waals surface area contributed by atoms with Crippen molar-refractivity contribution in [3.63, 3.8) is 0 Å². The summed E-state index contributed by atoms with van der Waals surface area (Å²) in [7, 11) is 0. The van der Waals surface area contributed by atoms with E-state index in [0.29, 0.717) is 5.69 Å². The van der Waals surface area contributed by atoms with Gasteiger partial charge >= 0.3 is 5.97 Å². The summed E-state index contributed by atoms with van der Waals surface area (Å²) >= 11 is 0. The second-order valence-corrected chi connectivity index (χ2v) is 4.13. The molecule has 1 aliphatic heterocycles. The first kappa shape index (κ1) is 12.9. The van der Waals surface area contributed by atoms with Gasteiger partial charge in [-0.05, 0) is 6.92 Å². The van der Waals surface area contributed by atoms with Crippen LogP contribution in [0.4, 0.5) is 0 Å². The molecule has 0 radical (unpaired) electrons. The lowest BCUT2D eigenvalue weighted by Crippen LogP contribution is -2.59. The Labute approximate surface area is 108 Å². The van der Waals surface area contributed by atoms with Gasteiger partial charge in [-0.2, -0.15) is 0 Å². The van der Waals surface area contributed by atoms with Crippen LogP contribution in [-0.2, 0) is 9.59 Å². The molecule has 2 N–H and O–H groups in total. The summed E-state index contributed by atoms with van der Waals surface area (Å²) < 4.78 is 0. The third-order valence-corrected chi connectivity index (χ3v) is 2.73. The summed E-state index contributed by atoms with van der Waals surface area (Å²) in [5.41, 5.74) is 0.661. The van der Waals surface area contributed by atoms with Crippen molar-refractivity contribution in [1.29, 1.82) is 0 Å². The maximum atomic E-state index is 12.2. The minimum atomic E-state index is -1.17. The second-order valence-electron chi connectivity index (χ2n) is 4.13. The van der Waals surface area contributed by atoms with Crippen molar-refractivity contribution in [3.05, 3.63) is 23.8 Å². The number of amides is 2. The smallest absolute Gasteiger partial charge is 0.328 e. The molecule has 1 atom stereocenters. The first-order chi connectivity index (χ1) is 8.99. The average Bonchev–Trinajstić information content (AvgIpc) is 2.38. The number of aliphatic carboxylic acids is 1. The number of aryl methyl sites for hydroxylation is 1. The van der Waals surface area contributed by atoms with Crippen molar-refractivity contribution in [2.75, 3.05) is 13.1 Å². The fourth-order valence-corrected chi connectivity index (χ4v) is 1.73. The number of aromatic nitrogens is 2. The number of carboxylic acid groups (broad SMARTS) is 1. The predicted molar refractivity (Wildman–Crippen MR) is 62.2 cm³/mol. The Morgan fingerprint density at radius 2 is 2.16 bits per heavy atom. The molecule has 8 heteroatoms. The number of nitrogens with zero attached hydrogens (tertiary/aromatic N) is 3. The summed E-state index contributed by atoms with van der Waals surface area (Å²) in [4.78, 5) is 43.3. The van der Waals surface area contributed by atoms with Gasteiger partial charge in [0.1, 0.15) is 18.3 Å². The zero-order valence-electron chi connectivity index (χ0n) is 10.2. The maximum Gasteiger partial charge on any atom is 0.328 e. The molecule has 8 nitrogen and oxygen atoms in total. The molecular formula is C11H12N4O4. The molecule has 2 amide bonds. The summed E-state index contributed by atoms with van der Waals surface area (Å²) in [6, 6.07) is -1.09. The van der Waals surface area contributed by atoms with Gasteiger partial charge < -0.3 is 15.3 Å². The molecule has 2 heterocycles. The van der Waals surface area contributed by atoms with E-state index in [1.165, 1.54) is 12.4 Å². The molecule has 2 rings (SSSR count). The minimum Gasteiger partial charge on any atom is -0.480 e. The van der Waals surface area contributed by atoms with Crippen molar-refractivity contribution in [2.45, 2.75) is 13.0 Å². The SMILES string of the molecule is Cc1cnc(C(=O)N2CC(=O)NCC2C(=O)O)cn1. The van der Waals surface area contributed by atoms with Crippen LogP contribution in [0.25, 0.3) is 0 Å². The van der Waals surface area contributed by atoms with E-state index in [0.717, 1.165) is 4.90 Å². The van der Waals surface area contributed by atoms with Gasteiger partial charge in [-0.25, -0.2) is 9.78 Å². The Morgan fingerprint density at radius 3 is 2.74 bits per heavy atom. The van der Waals surface area contributed by atoms with Gasteiger partial charge in [0.25, 0.3) is 5.91 Å². The summed E-state index contributed by atoms with van der Waals surface area (Å²) in [5.74, 6) is -2.19.